The van der Waals surface area contributed by atoms with Gasteiger partial charge in [0.05, 0.1) is 5.69 Å². The van der Waals surface area contributed by atoms with Gasteiger partial charge in [-0.2, -0.15) is 0 Å². The number of hydrogen-bond donors (Lipinski definition) is 2. The lowest BCUT2D eigenvalue weighted by Gasteiger charge is -2.19. The molecule has 4 heteroatoms. The monoisotopic (exact) mass is 303 g/mol. The lowest BCUT2D eigenvalue weighted by Crippen LogP contribution is -2.15. The summed E-state index contributed by atoms with van der Waals surface area (Å²) in [6.07, 6.45) is 0.898. The van der Waals surface area contributed by atoms with Crippen molar-refractivity contribution in [2.24, 2.45) is 0 Å². The number of rotatable bonds is 5. The standard InChI is InChI=1S/C17H21NO2S/c1-4-13-6-5-7-16(18(3)19)15(13)11-20-17-9-8-14(21)10-12(17)2/h5-10,19,21H,4,11H2,1-3H3. The second kappa shape index (κ2) is 6.87. The molecular formula is C17H21NO2S. The fourth-order valence-electron chi connectivity index (χ4n) is 2.37. The summed E-state index contributed by atoms with van der Waals surface area (Å²) in [7, 11) is 1.62. The first-order valence-corrected chi connectivity index (χ1v) is 7.43. The van der Waals surface area contributed by atoms with Crippen molar-refractivity contribution >= 4 is 18.3 Å². The van der Waals surface area contributed by atoms with E-state index in [4.69, 9.17) is 4.74 Å². The number of nitrogens with zero attached hydrogens (tertiary/aromatic N) is 1. The topological polar surface area (TPSA) is 32.7 Å². The second-order valence-corrected chi connectivity index (χ2v) is 5.55. The van der Waals surface area contributed by atoms with Crippen LogP contribution in [-0.4, -0.2) is 12.3 Å². The van der Waals surface area contributed by atoms with Gasteiger partial charge >= 0.3 is 0 Å². The zero-order valence-electron chi connectivity index (χ0n) is 12.6. The van der Waals surface area contributed by atoms with Crippen LogP contribution in [0.15, 0.2) is 41.3 Å². The average Bonchev–Trinajstić information content (AvgIpc) is 2.45. The molecule has 0 bridgehead atoms. The Kier molecular flexibility index (Phi) is 5.15. The molecule has 0 fully saturated rings. The Balaban J connectivity index is 2.26. The van der Waals surface area contributed by atoms with Gasteiger partial charge in [0.15, 0.2) is 0 Å². The Morgan fingerprint density at radius 2 is 2.00 bits per heavy atom. The molecule has 2 rings (SSSR count). The van der Waals surface area contributed by atoms with E-state index in [9.17, 15) is 5.21 Å². The summed E-state index contributed by atoms with van der Waals surface area (Å²) in [5.74, 6) is 0.838. The minimum Gasteiger partial charge on any atom is -0.489 e. The number of benzene rings is 2. The zero-order chi connectivity index (χ0) is 15.4. The van der Waals surface area contributed by atoms with Crippen molar-refractivity contribution < 1.29 is 9.94 Å². The SMILES string of the molecule is CCc1cccc(N(C)O)c1COc1ccc(S)cc1C. The first-order valence-electron chi connectivity index (χ1n) is 6.98. The number of anilines is 1. The Hall–Kier alpha value is -1.65. The molecule has 112 valence electrons. The highest BCUT2D eigenvalue weighted by Crippen LogP contribution is 2.27. The van der Waals surface area contributed by atoms with E-state index in [-0.39, 0.29) is 0 Å². The van der Waals surface area contributed by atoms with Crippen LogP contribution in [0.25, 0.3) is 0 Å². The fourth-order valence-corrected chi connectivity index (χ4v) is 2.64. The second-order valence-electron chi connectivity index (χ2n) is 5.03. The van der Waals surface area contributed by atoms with Crippen LogP contribution in [0.5, 0.6) is 5.75 Å². The smallest absolute Gasteiger partial charge is 0.122 e. The van der Waals surface area contributed by atoms with Crippen molar-refractivity contribution in [3.05, 3.63) is 53.1 Å². The first kappa shape index (κ1) is 15.7. The summed E-state index contributed by atoms with van der Waals surface area (Å²) in [5.41, 5.74) is 4.02. The van der Waals surface area contributed by atoms with Crippen LogP contribution in [0, 0.1) is 6.92 Å². The van der Waals surface area contributed by atoms with E-state index in [2.05, 4.69) is 25.6 Å². The van der Waals surface area contributed by atoms with Gasteiger partial charge in [0.25, 0.3) is 0 Å². The van der Waals surface area contributed by atoms with Gasteiger partial charge in [-0.1, -0.05) is 19.1 Å². The number of thiol groups is 1. The van der Waals surface area contributed by atoms with Gasteiger partial charge < -0.3 is 4.74 Å². The van der Waals surface area contributed by atoms with Crippen LogP contribution >= 0.6 is 12.6 Å². The molecule has 0 heterocycles. The van der Waals surface area contributed by atoms with Crippen LogP contribution in [0.1, 0.15) is 23.6 Å². The highest BCUT2D eigenvalue weighted by molar-refractivity contribution is 7.80. The molecular weight excluding hydrogens is 282 g/mol. The van der Waals surface area contributed by atoms with E-state index in [1.165, 1.54) is 5.56 Å². The van der Waals surface area contributed by atoms with Gasteiger partial charge in [0, 0.05) is 17.5 Å². The van der Waals surface area contributed by atoms with Crippen molar-refractivity contribution in [2.45, 2.75) is 31.8 Å². The molecule has 1 N–H and O–H groups in total. The van der Waals surface area contributed by atoms with Gasteiger partial charge in [0.2, 0.25) is 0 Å². The highest BCUT2D eigenvalue weighted by atomic mass is 32.1. The molecule has 0 radical (unpaired) electrons. The Labute approximate surface area is 131 Å². The predicted molar refractivity (Wildman–Crippen MR) is 88.8 cm³/mol. The van der Waals surface area contributed by atoms with E-state index in [0.29, 0.717) is 6.61 Å². The van der Waals surface area contributed by atoms with Crippen molar-refractivity contribution in [2.75, 3.05) is 12.1 Å². The molecule has 0 amide bonds. The van der Waals surface area contributed by atoms with Crippen LogP contribution in [0.2, 0.25) is 0 Å². The van der Waals surface area contributed by atoms with Gasteiger partial charge in [-0.3, -0.25) is 10.3 Å². The van der Waals surface area contributed by atoms with E-state index in [0.717, 1.165) is 38.9 Å². The van der Waals surface area contributed by atoms with Crippen LogP contribution in [0.4, 0.5) is 5.69 Å². The van der Waals surface area contributed by atoms with E-state index >= 15 is 0 Å². The van der Waals surface area contributed by atoms with Gasteiger partial charge in [-0.25, -0.2) is 0 Å². The summed E-state index contributed by atoms with van der Waals surface area (Å²) in [6.45, 7) is 4.53. The van der Waals surface area contributed by atoms with Crippen LogP contribution in [-0.2, 0) is 13.0 Å². The molecule has 0 aliphatic carbocycles. The molecule has 3 nitrogen and oxygen atoms in total. The minimum atomic E-state index is 0.428. The van der Waals surface area contributed by atoms with Crippen LogP contribution in [0.3, 0.4) is 0 Å². The molecule has 21 heavy (non-hydrogen) atoms. The van der Waals surface area contributed by atoms with Crippen molar-refractivity contribution in [3.8, 4) is 5.75 Å². The molecule has 0 aliphatic rings. The maximum absolute atomic E-state index is 9.78. The van der Waals surface area contributed by atoms with Gasteiger partial charge in [0.1, 0.15) is 12.4 Å². The first-order chi connectivity index (χ1) is 10.0. The quantitative estimate of drug-likeness (QED) is 0.640. The third-order valence-corrected chi connectivity index (χ3v) is 3.79. The number of hydroxylamine groups is 1. The number of ether oxygens (including phenoxy) is 1. The van der Waals surface area contributed by atoms with E-state index in [1.54, 1.807) is 7.05 Å². The Morgan fingerprint density at radius 1 is 1.24 bits per heavy atom. The lowest BCUT2D eigenvalue weighted by molar-refractivity contribution is 0.270. The maximum Gasteiger partial charge on any atom is 0.122 e. The van der Waals surface area contributed by atoms with E-state index in [1.807, 2.05) is 37.3 Å². The zero-order valence-corrected chi connectivity index (χ0v) is 13.5. The largest absolute Gasteiger partial charge is 0.489 e. The fraction of sp³-hybridized carbons (Fsp3) is 0.294. The van der Waals surface area contributed by atoms with E-state index < -0.39 is 0 Å². The summed E-state index contributed by atoms with van der Waals surface area (Å²) >= 11 is 4.32. The third-order valence-electron chi connectivity index (χ3n) is 3.51. The predicted octanol–water partition coefficient (Wildman–Crippen LogP) is 4.25. The Morgan fingerprint density at radius 3 is 2.62 bits per heavy atom. The van der Waals surface area contributed by atoms with Gasteiger partial charge in [-0.05, 0) is 48.7 Å². The molecule has 0 spiro atoms. The molecule has 0 saturated carbocycles. The maximum atomic E-state index is 9.78. The average molecular weight is 303 g/mol. The summed E-state index contributed by atoms with van der Waals surface area (Å²) in [4.78, 5) is 0.921. The van der Waals surface area contributed by atoms with Gasteiger partial charge in [-0.15, -0.1) is 12.6 Å². The normalized spacial score (nSPS) is 10.5. The Bertz CT molecular complexity index is 626. The van der Waals surface area contributed by atoms with Crippen molar-refractivity contribution in [1.29, 1.82) is 0 Å². The van der Waals surface area contributed by atoms with Crippen molar-refractivity contribution in [1.82, 2.24) is 0 Å². The number of hydrogen-bond acceptors (Lipinski definition) is 4. The summed E-state index contributed by atoms with van der Waals surface area (Å²) < 4.78 is 5.94. The highest BCUT2D eigenvalue weighted by Gasteiger charge is 2.11. The third kappa shape index (κ3) is 3.71. The van der Waals surface area contributed by atoms with Crippen LogP contribution < -0.4 is 9.80 Å². The molecule has 0 unspecified atom stereocenters. The molecule has 2 aromatic rings. The number of aryl methyl sites for hydroxylation is 2. The summed E-state index contributed by atoms with van der Waals surface area (Å²) in [5, 5.41) is 10.9. The lowest BCUT2D eigenvalue weighted by atomic mass is 10.0. The molecule has 0 aromatic heterocycles. The molecule has 2 aromatic carbocycles. The minimum absolute atomic E-state index is 0.428. The molecule has 0 aliphatic heterocycles. The molecule has 0 atom stereocenters. The summed E-state index contributed by atoms with van der Waals surface area (Å²) in [6, 6.07) is 11.7. The van der Waals surface area contributed by atoms with Crippen molar-refractivity contribution in [3.63, 3.8) is 0 Å². The molecule has 0 saturated heterocycles.